The number of esters is 1. The lowest BCUT2D eigenvalue weighted by Crippen LogP contribution is -2.52. The summed E-state index contributed by atoms with van der Waals surface area (Å²) in [5.41, 5.74) is 0.673. The fraction of sp³-hybridized carbons (Fsp3) is 0.389. The van der Waals surface area contributed by atoms with Crippen LogP contribution in [0.3, 0.4) is 0 Å². The van der Waals surface area contributed by atoms with Gasteiger partial charge in [0.05, 0.1) is 23.6 Å². The van der Waals surface area contributed by atoms with Gasteiger partial charge in [-0.25, -0.2) is 4.79 Å². The van der Waals surface area contributed by atoms with Crippen molar-refractivity contribution in [3.63, 3.8) is 0 Å². The molecule has 0 fully saturated rings. The SMILES string of the molecule is COC(=O)c1ccccc1CN[C@@H]1c2sccc2OC(C)(C)[C@H]1O. The lowest BCUT2D eigenvalue weighted by molar-refractivity contribution is -0.0632. The van der Waals surface area contributed by atoms with E-state index in [1.165, 1.54) is 7.11 Å². The maximum absolute atomic E-state index is 11.9. The maximum atomic E-state index is 11.9. The Morgan fingerprint density at radius 1 is 1.38 bits per heavy atom. The molecule has 1 aromatic carbocycles. The molecule has 1 aromatic heterocycles. The number of thiophene rings is 1. The van der Waals surface area contributed by atoms with Gasteiger partial charge in [0.25, 0.3) is 0 Å². The van der Waals surface area contributed by atoms with Gasteiger partial charge in [0.2, 0.25) is 0 Å². The van der Waals surface area contributed by atoms with E-state index in [1.807, 2.05) is 37.4 Å². The molecule has 2 atom stereocenters. The van der Waals surface area contributed by atoms with Crippen molar-refractivity contribution in [1.82, 2.24) is 5.32 Å². The Morgan fingerprint density at radius 3 is 2.88 bits per heavy atom. The van der Waals surface area contributed by atoms with E-state index in [-0.39, 0.29) is 12.0 Å². The van der Waals surface area contributed by atoms with Gasteiger partial charge in [-0.2, -0.15) is 0 Å². The molecule has 0 saturated carbocycles. The largest absolute Gasteiger partial charge is 0.484 e. The van der Waals surface area contributed by atoms with Crippen LogP contribution in [0.5, 0.6) is 5.75 Å². The minimum absolute atomic E-state index is 0.255. The molecule has 0 spiro atoms. The third-order valence-corrected chi connectivity index (χ3v) is 5.26. The number of hydrogen-bond acceptors (Lipinski definition) is 6. The van der Waals surface area contributed by atoms with Crippen molar-refractivity contribution in [2.75, 3.05) is 7.11 Å². The molecule has 0 radical (unpaired) electrons. The molecule has 0 saturated heterocycles. The first-order valence-electron chi connectivity index (χ1n) is 7.78. The van der Waals surface area contributed by atoms with Crippen molar-refractivity contribution in [2.45, 2.75) is 38.1 Å². The second-order valence-electron chi connectivity index (χ2n) is 6.31. The molecule has 1 aliphatic rings. The number of hydrogen-bond donors (Lipinski definition) is 2. The Balaban J connectivity index is 1.84. The number of carbonyl (C=O) groups is 1. The Morgan fingerprint density at radius 2 is 2.12 bits per heavy atom. The second-order valence-corrected chi connectivity index (χ2v) is 7.25. The molecule has 5 nitrogen and oxygen atoms in total. The third kappa shape index (κ3) is 3.05. The van der Waals surface area contributed by atoms with Crippen molar-refractivity contribution in [3.8, 4) is 5.75 Å². The number of ether oxygens (including phenoxy) is 2. The van der Waals surface area contributed by atoms with Crippen LogP contribution in [0.4, 0.5) is 0 Å². The average Bonchev–Trinajstić information content (AvgIpc) is 3.01. The summed E-state index contributed by atoms with van der Waals surface area (Å²) in [5, 5.41) is 16.0. The Labute approximate surface area is 145 Å². The first-order chi connectivity index (χ1) is 11.4. The summed E-state index contributed by atoms with van der Waals surface area (Å²) >= 11 is 1.55. The predicted molar refractivity (Wildman–Crippen MR) is 92.4 cm³/mol. The summed E-state index contributed by atoms with van der Waals surface area (Å²) in [6.07, 6.45) is -0.700. The van der Waals surface area contributed by atoms with E-state index >= 15 is 0 Å². The first-order valence-corrected chi connectivity index (χ1v) is 8.66. The molecule has 3 rings (SSSR count). The number of aliphatic hydroxyl groups excluding tert-OH is 1. The number of carbonyl (C=O) groups excluding carboxylic acids is 1. The lowest BCUT2D eigenvalue weighted by atomic mass is 9.90. The average molecular weight is 347 g/mol. The zero-order valence-corrected chi connectivity index (χ0v) is 14.7. The molecule has 0 aliphatic carbocycles. The van der Waals surface area contributed by atoms with Crippen LogP contribution in [0.25, 0.3) is 0 Å². The quantitative estimate of drug-likeness (QED) is 0.833. The van der Waals surface area contributed by atoms with Crippen molar-refractivity contribution >= 4 is 17.3 Å². The smallest absolute Gasteiger partial charge is 0.338 e. The molecule has 24 heavy (non-hydrogen) atoms. The highest BCUT2D eigenvalue weighted by atomic mass is 32.1. The van der Waals surface area contributed by atoms with E-state index in [2.05, 4.69) is 5.32 Å². The molecule has 0 unspecified atom stereocenters. The molecule has 2 heterocycles. The van der Waals surface area contributed by atoms with Crippen LogP contribution in [0.15, 0.2) is 35.7 Å². The van der Waals surface area contributed by atoms with E-state index in [0.29, 0.717) is 12.1 Å². The van der Waals surface area contributed by atoms with E-state index < -0.39 is 11.7 Å². The van der Waals surface area contributed by atoms with Crippen LogP contribution < -0.4 is 10.1 Å². The van der Waals surface area contributed by atoms with Gasteiger partial charge >= 0.3 is 5.97 Å². The summed E-state index contributed by atoms with van der Waals surface area (Å²) in [6, 6.07) is 8.97. The van der Waals surface area contributed by atoms with E-state index in [4.69, 9.17) is 9.47 Å². The molecule has 2 aromatic rings. The van der Waals surface area contributed by atoms with Gasteiger partial charge in [0.15, 0.2) is 0 Å². The number of fused-ring (bicyclic) bond motifs is 1. The molecule has 0 amide bonds. The van der Waals surface area contributed by atoms with Crippen LogP contribution >= 0.6 is 11.3 Å². The highest BCUT2D eigenvalue weighted by Crippen LogP contribution is 2.43. The number of nitrogens with one attached hydrogen (secondary N) is 1. The predicted octanol–water partition coefficient (Wildman–Crippen LogP) is 2.90. The van der Waals surface area contributed by atoms with E-state index in [0.717, 1.165) is 16.2 Å². The van der Waals surface area contributed by atoms with Gasteiger partial charge in [0, 0.05) is 6.54 Å². The highest BCUT2D eigenvalue weighted by molar-refractivity contribution is 7.10. The van der Waals surface area contributed by atoms with E-state index in [1.54, 1.807) is 23.5 Å². The van der Waals surface area contributed by atoms with Crippen molar-refractivity contribution in [2.24, 2.45) is 0 Å². The van der Waals surface area contributed by atoms with E-state index in [9.17, 15) is 9.90 Å². The molecule has 2 N–H and O–H groups in total. The fourth-order valence-electron chi connectivity index (χ4n) is 2.92. The lowest BCUT2D eigenvalue weighted by Gasteiger charge is -2.41. The van der Waals surface area contributed by atoms with Gasteiger partial charge in [-0.15, -0.1) is 11.3 Å². The zero-order valence-electron chi connectivity index (χ0n) is 13.9. The summed E-state index contributed by atoms with van der Waals surface area (Å²) in [6.45, 7) is 4.19. The Kier molecular flexibility index (Phi) is 4.62. The number of aliphatic hydroxyl groups is 1. The maximum Gasteiger partial charge on any atom is 0.338 e. The highest BCUT2D eigenvalue weighted by Gasteiger charge is 2.43. The van der Waals surface area contributed by atoms with Gasteiger partial charge in [0.1, 0.15) is 17.5 Å². The molecule has 0 bridgehead atoms. The van der Waals surface area contributed by atoms with Crippen LogP contribution in [0, 0.1) is 0 Å². The summed E-state index contributed by atoms with van der Waals surface area (Å²) < 4.78 is 10.7. The summed E-state index contributed by atoms with van der Waals surface area (Å²) in [7, 11) is 1.37. The molecule has 128 valence electrons. The Hall–Kier alpha value is -1.89. The minimum atomic E-state index is -0.700. The fourth-order valence-corrected chi connectivity index (χ4v) is 3.84. The van der Waals surface area contributed by atoms with Gasteiger partial charge < -0.3 is 19.9 Å². The van der Waals surface area contributed by atoms with Crippen LogP contribution in [0.2, 0.25) is 0 Å². The zero-order chi connectivity index (χ0) is 17.3. The number of benzene rings is 1. The van der Waals surface area contributed by atoms with Crippen molar-refractivity contribution < 1.29 is 19.4 Å². The normalized spacial score (nSPS) is 21.7. The number of rotatable bonds is 4. The van der Waals surface area contributed by atoms with Crippen molar-refractivity contribution in [1.29, 1.82) is 0 Å². The van der Waals surface area contributed by atoms with Gasteiger partial charge in [-0.3, -0.25) is 0 Å². The molecule has 6 heteroatoms. The minimum Gasteiger partial charge on any atom is -0.484 e. The standard InChI is InChI=1S/C18H21NO4S/c1-18(2)16(20)14(15-13(23-18)8-9-24-15)19-10-11-6-4-5-7-12(11)17(21)22-3/h4-9,14,16,19-20H,10H2,1-3H3/t14-,16+/m1/s1. The molecule has 1 aliphatic heterocycles. The first kappa shape index (κ1) is 17.0. The summed E-state index contributed by atoms with van der Waals surface area (Å²) in [4.78, 5) is 12.9. The summed E-state index contributed by atoms with van der Waals surface area (Å²) in [5.74, 6) is 0.436. The third-order valence-electron chi connectivity index (χ3n) is 4.28. The topological polar surface area (TPSA) is 67.8 Å². The number of methoxy groups -OCH3 is 1. The van der Waals surface area contributed by atoms with Crippen LogP contribution in [0.1, 0.15) is 40.7 Å². The monoisotopic (exact) mass is 347 g/mol. The Bertz CT molecular complexity index is 740. The van der Waals surface area contributed by atoms with Gasteiger partial charge in [-0.05, 0) is 36.9 Å². The molecular weight excluding hydrogens is 326 g/mol. The van der Waals surface area contributed by atoms with Crippen LogP contribution in [-0.2, 0) is 11.3 Å². The molecular formula is C18H21NO4S. The van der Waals surface area contributed by atoms with Crippen molar-refractivity contribution in [3.05, 3.63) is 51.7 Å². The second kappa shape index (κ2) is 6.55. The van der Waals surface area contributed by atoms with Crippen LogP contribution in [-0.4, -0.2) is 29.9 Å². The van der Waals surface area contributed by atoms with Gasteiger partial charge in [-0.1, -0.05) is 18.2 Å².